The maximum Gasteiger partial charge on any atom is 0.286 e. The van der Waals surface area contributed by atoms with Crippen molar-refractivity contribution in [1.82, 2.24) is 5.06 Å². The second kappa shape index (κ2) is 3.66. The van der Waals surface area contributed by atoms with Crippen LogP contribution in [0.3, 0.4) is 0 Å². The molecule has 0 N–H and O–H groups in total. The number of carbonyl (C=O) groups is 1. The molecule has 88 valence electrons. The average molecular weight is 224 g/mol. The zero-order valence-corrected chi connectivity index (χ0v) is 9.65. The fourth-order valence-corrected chi connectivity index (χ4v) is 2.59. The van der Waals surface area contributed by atoms with Crippen LogP contribution in [0, 0.1) is 10.1 Å². The Labute approximate surface area is 94.3 Å². The molecule has 1 heterocycles. The highest BCUT2D eigenvalue weighted by Gasteiger charge is 2.54. The Morgan fingerprint density at radius 1 is 1.50 bits per heavy atom. The van der Waals surface area contributed by atoms with Crippen molar-refractivity contribution in [2.75, 3.05) is 0 Å². The van der Waals surface area contributed by atoms with E-state index in [4.69, 9.17) is 0 Å². The van der Waals surface area contributed by atoms with Crippen molar-refractivity contribution in [2.45, 2.75) is 51.6 Å². The molecule has 0 aromatic rings. The van der Waals surface area contributed by atoms with Crippen LogP contribution >= 0.6 is 0 Å². The zero-order valence-electron chi connectivity index (χ0n) is 9.65. The highest BCUT2D eigenvalue weighted by Crippen LogP contribution is 2.41. The van der Waals surface area contributed by atoms with Gasteiger partial charge in [0.15, 0.2) is 0 Å². The number of hydroxylamine groups is 2. The molecule has 2 aliphatic rings. The molecular weight excluding hydrogens is 208 g/mol. The van der Waals surface area contributed by atoms with Gasteiger partial charge in [-0.2, -0.15) is 0 Å². The van der Waals surface area contributed by atoms with E-state index in [9.17, 15) is 14.9 Å². The van der Waals surface area contributed by atoms with Crippen molar-refractivity contribution in [2.24, 2.45) is 0 Å². The quantitative estimate of drug-likeness (QED) is 0.673. The Balaban J connectivity index is 2.34. The summed E-state index contributed by atoms with van der Waals surface area (Å²) in [7, 11) is 0. The van der Waals surface area contributed by atoms with Gasteiger partial charge in [-0.25, -0.2) is 0 Å². The van der Waals surface area contributed by atoms with Crippen LogP contribution in [0.4, 0.5) is 0 Å². The number of ketones is 1. The molecule has 1 unspecified atom stereocenters. The van der Waals surface area contributed by atoms with Gasteiger partial charge in [0.1, 0.15) is 5.78 Å². The van der Waals surface area contributed by atoms with Crippen molar-refractivity contribution < 1.29 is 9.55 Å². The van der Waals surface area contributed by atoms with Gasteiger partial charge in [0.25, 0.3) is 11.4 Å². The normalized spacial score (nSPS) is 29.7. The monoisotopic (exact) mass is 224 g/mol. The lowest BCUT2D eigenvalue weighted by atomic mass is 10.0. The summed E-state index contributed by atoms with van der Waals surface area (Å²) in [6.07, 6.45) is 3.19. The third kappa shape index (κ3) is 1.46. The maximum absolute atomic E-state index is 12.1. The number of rotatable bonds is 2. The van der Waals surface area contributed by atoms with Gasteiger partial charge in [-0.15, -0.1) is 0 Å². The Kier molecular flexibility index (Phi) is 2.58. The maximum atomic E-state index is 12.1. The SMILES string of the molecule is CC(=O)CC1(C)N([O-])C2=C(CCCC2)[N+]1=O. The van der Waals surface area contributed by atoms with Crippen molar-refractivity contribution in [3.05, 3.63) is 21.5 Å². The second-order valence-corrected chi connectivity index (χ2v) is 4.79. The second-order valence-electron chi connectivity index (χ2n) is 4.79. The lowest BCUT2D eigenvalue weighted by Crippen LogP contribution is -2.46. The van der Waals surface area contributed by atoms with Gasteiger partial charge < -0.3 is 10.3 Å². The van der Waals surface area contributed by atoms with Gasteiger partial charge in [-0.1, -0.05) is 0 Å². The first-order valence-corrected chi connectivity index (χ1v) is 5.63. The molecule has 5 heteroatoms. The predicted octanol–water partition coefficient (Wildman–Crippen LogP) is 2.06. The van der Waals surface area contributed by atoms with E-state index in [-0.39, 0.29) is 12.2 Å². The van der Waals surface area contributed by atoms with E-state index in [1.165, 1.54) is 6.92 Å². The summed E-state index contributed by atoms with van der Waals surface area (Å²) in [5.41, 5.74) is -0.0732. The first kappa shape index (κ1) is 11.3. The van der Waals surface area contributed by atoms with Crippen molar-refractivity contribution in [3.8, 4) is 0 Å². The summed E-state index contributed by atoms with van der Waals surface area (Å²) in [5, 5.41) is 12.8. The summed E-state index contributed by atoms with van der Waals surface area (Å²) >= 11 is 0. The smallest absolute Gasteiger partial charge is 0.286 e. The molecule has 0 amide bonds. The summed E-state index contributed by atoms with van der Waals surface area (Å²) < 4.78 is 0.760. The molecule has 0 bridgehead atoms. The number of hydrogen-bond donors (Lipinski definition) is 0. The first-order chi connectivity index (χ1) is 7.47. The van der Waals surface area contributed by atoms with Crippen LogP contribution in [0.1, 0.15) is 46.0 Å². The highest BCUT2D eigenvalue weighted by atomic mass is 16.5. The molecule has 0 radical (unpaired) electrons. The van der Waals surface area contributed by atoms with Crippen LogP contribution in [-0.2, 0) is 4.79 Å². The van der Waals surface area contributed by atoms with E-state index in [2.05, 4.69) is 0 Å². The molecule has 0 aromatic carbocycles. The van der Waals surface area contributed by atoms with Crippen LogP contribution in [0.25, 0.3) is 0 Å². The molecule has 1 aliphatic heterocycles. The van der Waals surface area contributed by atoms with Gasteiger partial charge in [-0.05, 0) is 26.2 Å². The molecular formula is C11H16N2O3. The summed E-state index contributed by atoms with van der Waals surface area (Å²) in [5.74, 6) is -0.135. The van der Waals surface area contributed by atoms with E-state index >= 15 is 0 Å². The van der Waals surface area contributed by atoms with Crippen LogP contribution in [-0.4, -0.2) is 21.3 Å². The van der Waals surface area contributed by atoms with Gasteiger partial charge in [0.2, 0.25) is 0 Å². The Hall–Kier alpha value is -1.23. The van der Waals surface area contributed by atoms with E-state index in [1.54, 1.807) is 6.92 Å². The van der Waals surface area contributed by atoms with Crippen LogP contribution in [0.5, 0.6) is 0 Å². The Bertz CT molecular complexity index is 389. The third-order valence-electron chi connectivity index (χ3n) is 3.36. The minimum atomic E-state index is -1.25. The largest absolute Gasteiger partial charge is 0.753 e. The van der Waals surface area contributed by atoms with E-state index in [0.29, 0.717) is 24.2 Å². The van der Waals surface area contributed by atoms with Gasteiger partial charge in [-0.3, -0.25) is 4.79 Å². The molecule has 0 saturated heterocycles. The van der Waals surface area contributed by atoms with Crippen molar-refractivity contribution in [1.29, 1.82) is 0 Å². The van der Waals surface area contributed by atoms with Gasteiger partial charge in [0, 0.05) is 18.3 Å². The zero-order chi connectivity index (χ0) is 11.9. The minimum Gasteiger partial charge on any atom is -0.753 e. The third-order valence-corrected chi connectivity index (χ3v) is 3.36. The van der Waals surface area contributed by atoms with Gasteiger partial charge in [0.05, 0.1) is 16.9 Å². The van der Waals surface area contributed by atoms with Gasteiger partial charge >= 0.3 is 0 Å². The van der Waals surface area contributed by atoms with Crippen LogP contribution in [0.2, 0.25) is 0 Å². The molecule has 0 fully saturated rings. The first-order valence-electron chi connectivity index (χ1n) is 5.63. The van der Waals surface area contributed by atoms with Crippen molar-refractivity contribution >= 4 is 5.78 Å². The number of nitroso groups, excluding NO2 is 1. The van der Waals surface area contributed by atoms with E-state index in [0.717, 1.165) is 22.7 Å². The summed E-state index contributed by atoms with van der Waals surface area (Å²) in [4.78, 5) is 23.2. The van der Waals surface area contributed by atoms with Crippen LogP contribution < -0.4 is 0 Å². The average Bonchev–Trinajstić information content (AvgIpc) is 2.42. The predicted molar refractivity (Wildman–Crippen MR) is 58.0 cm³/mol. The number of carbonyl (C=O) groups excluding carboxylic acids is 1. The van der Waals surface area contributed by atoms with E-state index in [1.807, 2.05) is 0 Å². The summed E-state index contributed by atoms with van der Waals surface area (Å²) in [6, 6.07) is 0. The minimum absolute atomic E-state index is 0.0208. The number of hydrogen-bond acceptors (Lipinski definition) is 4. The molecule has 1 atom stereocenters. The Morgan fingerprint density at radius 2 is 2.12 bits per heavy atom. The molecule has 16 heavy (non-hydrogen) atoms. The van der Waals surface area contributed by atoms with Crippen molar-refractivity contribution in [3.63, 3.8) is 0 Å². The summed E-state index contributed by atoms with van der Waals surface area (Å²) in [6.45, 7) is 2.96. The lowest BCUT2D eigenvalue weighted by molar-refractivity contribution is -0.589. The van der Waals surface area contributed by atoms with E-state index < -0.39 is 5.66 Å². The fraction of sp³-hybridized carbons (Fsp3) is 0.727. The fourth-order valence-electron chi connectivity index (χ4n) is 2.59. The van der Waals surface area contributed by atoms with Crippen LogP contribution in [0.15, 0.2) is 11.4 Å². The number of Topliss-reactive ketones (excluding diaryl/α,β-unsaturated/α-hetero) is 1. The highest BCUT2D eigenvalue weighted by molar-refractivity contribution is 5.76. The molecule has 0 saturated carbocycles. The number of allylic oxidation sites excluding steroid dienone is 2. The topological polar surface area (TPSA) is 63.5 Å². The molecule has 1 aliphatic carbocycles. The standard InChI is InChI=1S/C11H16N2O3/c1-8(14)7-11(2)12(15)9-5-3-4-6-10(9)13(11)16/h3-7H2,1-2H3. The molecule has 0 aromatic heterocycles. The molecule has 2 rings (SSSR count). The number of nitrogens with zero attached hydrogens (tertiary/aromatic N) is 2. The molecule has 5 nitrogen and oxygen atoms in total. The lowest BCUT2D eigenvalue weighted by Gasteiger charge is -2.35. The molecule has 0 spiro atoms. The Morgan fingerprint density at radius 3 is 2.69 bits per heavy atom.